The second kappa shape index (κ2) is 4.64. The van der Waals surface area contributed by atoms with Gasteiger partial charge in [0.1, 0.15) is 5.60 Å². The Morgan fingerprint density at radius 3 is 2.53 bits per heavy atom. The molecule has 3 heteroatoms. The van der Waals surface area contributed by atoms with Crippen LogP contribution in [0.1, 0.15) is 16.7 Å². The van der Waals surface area contributed by atoms with Gasteiger partial charge in [0.25, 0.3) is 0 Å². The van der Waals surface area contributed by atoms with Crippen molar-refractivity contribution in [2.45, 2.75) is 12.1 Å². The summed E-state index contributed by atoms with van der Waals surface area (Å²) in [6.07, 6.45) is 0. The molecule has 0 saturated carbocycles. The van der Waals surface area contributed by atoms with Gasteiger partial charge in [-0.3, -0.25) is 4.90 Å². The Labute approximate surface area is 118 Å². The molecule has 1 atom stereocenters. The van der Waals surface area contributed by atoms with Crippen molar-refractivity contribution in [2.24, 2.45) is 0 Å². The molecule has 2 nitrogen and oxygen atoms in total. The molecule has 1 N–H and O–H groups in total. The van der Waals surface area contributed by atoms with Crippen molar-refractivity contribution >= 4 is 11.6 Å². The number of likely N-dealkylation sites (N-methyl/N-ethyl adjacent to an activating group) is 1. The minimum Gasteiger partial charge on any atom is -0.379 e. The molecule has 0 aromatic heterocycles. The smallest absolute Gasteiger partial charge is 0.128 e. The van der Waals surface area contributed by atoms with Gasteiger partial charge in [-0.1, -0.05) is 48.0 Å². The van der Waals surface area contributed by atoms with E-state index in [-0.39, 0.29) is 0 Å². The largest absolute Gasteiger partial charge is 0.379 e. The summed E-state index contributed by atoms with van der Waals surface area (Å²) in [6, 6.07) is 15.5. The van der Waals surface area contributed by atoms with Crippen LogP contribution in [-0.4, -0.2) is 23.6 Å². The Kier molecular flexibility index (Phi) is 3.09. The summed E-state index contributed by atoms with van der Waals surface area (Å²) >= 11 is 5.93. The first-order valence-electron chi connectivity index (χ1n) is 6.35. The van der Waals surface area contributed by atoms with Crippen LogP contribution in [0.15, 0.2) is 48.5 Å². The summed E-state index contributed by atoms with van der Waals surface area (Å²) in [4.78, 5) is 2.14. The second-order valence-electron chi connectivity index (χ2n) is 5.20. The highest BCUT2D eigenvalue weighted by molar-refractivity contribution is 6.30. The summed E-state index contributed by atoms with van der Waals surface area (Å²) in [6.45, 7) is 1.46. The van der Waals surface area contributed by atoms with Gasteiger partial charge in [0.05, 0.1) is 0 Å². The lowest BCUT2D eigenvalue weighted by Gasteiger charge is -2.39. The number of halogens is 1. The van der Waals surface area contributed by atoms with Crippen LogP contribution in [0.2, 0.25) is 5.02 Å². The first kappa shape index (κ1) is 12.7. The number of hydrogen-bond donors (Lipinski definition) is 1. The summed E-state index contributed by atoms with van der Waals surface area (Å²) < 4.78 is 0. The molecule has 0 unspecified atom stereocenters. The maximum atomic E-state index is 11.2. The van der Waals surface area contributed by atoms with Crippen molar-refractivity contribution in [3.05, 3.63) is 70.2 Å². The molecule has 2 aromatic carbocycles. The molecule has 0 radical (unpaired) electrons. The Balaban J connectivity index is 2.15. The number of aliphatic hydroxyl groups is 1. The SMILES string of the molecule is CN1Cc2ccccc2[C@](O)(c2ccc(Cl)cc2)C1. The molecule has 19 heavy (non-hydrogen) atoms. The van der Waals surface area contributed by atoms with Crippen molar-refractivity contribution in [3.8, 4) is 0 Å². The standard InChI is InChI=1S/C16H16ClNO/c1-18-10-12-4-2-3-5-15(12)16(19,11-18)13-6-8-14(17)9-7-13/h2-9,19H,10-11H2,1H3/t16-/m1/s1. The van der Waals surface area contributed by atoms with E-state index in [1.807, 2.05) is 49.5 Å². The molecule has 98 valence electrons. The molecule has 0 bridgehead atoms. The topological polar surface area (TPSA) is 23.5 Å². The number of β-amino-alcohol motifs (C(OH)–C–C–N with tert-alkyl or cyclic N) is 1. The lowest BCUT2D eigenvalue weighted by atomic mass is 9.80. The molecule has 2 aromatic rings. The fourth-order valence-corrected chi connectivity index (χ4v) is 2.98. The lowest BCUT2D eigenvalue weighted by molar-refractivity contribution is 0.0283. The Hall–Kier alpha value is -1.35. The quantitative estimate of drug-likeness (QED) is 0.863. The third-order valence-electron chi connectivity index (χ3n) is 3.72. The predicted molar refractivity (Wildman–Crippen MR) is 77.2 cm³/mol. The van der Waals surface area contributed by atoms with Gasteiger partial charge in [-0.25, -0.2) is 0 Å². The lowest BCUT2D eigenvalue weighted by Crippen LogP contribution is -2.44. The van der Waals surface area contributed by atoms with Crippen LogP contribution in [0.25, 0.3) is 0 Å². The third-order valence-corrected chi connectivity index (χ3v) is 3.98. The molecule has 0 spiro atoms. The van der Waals surface area contributed by atoms with E-state index in [0.717, 1.165) is 17.7 Å². The first-order chi connectivity index (χ1) is 9.09. The molecule has 1 aliphatic rings. The molecule has 0 fully saturated rings. The fraction of sp³-hybridized carbons (Fsp3) is 0.250. The van der Waals surface area contributed by atoms with Gasteiger partial charge >= 0.3 is 0 Å². The molecular weight excluding hydrogens is 258 g/mol. The predicted octanol–water partition coefficient (Wildman–Crippen LogP) is 3.02. The number of fused-ring (bicyclic) bond motifs is 1. The number of benzene rings is 2. The maximum absolute atomic E-state index is 11.2. The van der Waals surface area contributed by atoms with Gasteiger partial charge < -0.3 is 5.11 Å². The fourth-order valence-electron chi connectivity index (χ4n) is 2.86. The van der Waals surface area contributed by atoms with Gasteiger partial charge in [-0.05, 0) is 35.9 Å². The van der Waals surface area contributed by atoms with Crippen LogP contribution in [0.4, 0.5) is 0 Å². The van der Waals surface area contributed by atoms with Gasteiger partial charge in [0.15, 0.2) is 0 Å². The average molecular weight is 274 g/mol. The van der Waals surface area contributed by atoms with E-state index in [9.17, 15) is 5.11 Å². The number of nitrogens with zero attached hydrogens (tertiary/aromatic N) is 1. The van der Waals surface area contributed by atoms with Gasteiger partial charge in [0.2, 0.25) is 0 Å². The van der Waals surface area contributed by atoms with Gasteiger partial charge in [-0.2, -0.15) is 0 Å². The van der Waals surface area contributed by atoms with Crippen molar-refractivity contribution in [3.63, 3.8) is 0 Å². The van der Waals surface area contributed by atoms with Crippen molar-refractivity contribution < 1.29 is 5.11 Å². The molecule has 0 amide bonds. The van der Waals surface area contributed by atoms with Gasteiger partial charge in [-0.15, -0.1) is 0 Å². The molecule has 0 aliphatic carbocycles. The Bertz CT molecular complexity index is 596. The zero-order chi connectivity index (χ0) is 13.5. The van der Waals surface area contributed by atoms with E-state index in [0.29, 0.717) is 11.6 Å². The zero-order valence-electron chi connectivity index (χ0n) is 10.8. The van der Waals surface area contributed by atoms with E-state index < -0.39 is 5.60 Å². The summed E-state index contributed by atoms with van der Waals surface area (Å²) in [7, 11) is 2.02. The normalized spacial score (nSPS) is 23.1. The molecule has 0 saturated heterocycles. The zero-order valence-corrected chi connectivity index (χ0v) is 11.6. The van der Waals surface area contributed by atoms with Crippen LogP contribution < -0.4 is 0 Å². The highest BCUT2D eigenvalue weighted by atomic mass is 35.5. The molecule has 3 rings (SSSR count). The van der Waals surface area contributed by atoms with Gasteiger partial charge in [0, 0.05) is 18.1 Å². The monoisotopic (exact) mass is 273 g/mol. The first-order valence-corrected chi connectivity index (χ1v) is 6.73. The third kappa shape index (κ3) is 2.16. The van der Waals surface area contributed by atoms with E-state index in [4.69, 9.17) is 11.6 Å². The van der Waals surface area contributed by atoms with Crippen LogP contribution in [0.5, 0.6) is 0 Å². The van der Waals surface area contributed by atoms with E-state index in [1.54, 1.807) is 0 Å². The summed E-state index contributed by atoms with van der Waals surface area (Å²) in [5.74, 6) is 0. The Morgan fingerprint density at radius 2 is 1.79 bits per heavy atom. The summed E-state index contributed by atoms with van der Waals surface area (Å²) in [5, 5.41) is 11.9. The van der Waals surface area contributed by atoms with E-state index in [2.05, 4.69) is 11.0 Å². The van der Waals surface area contributed by atoms with Crippen molar-refractivity contribution in [1.82, 2.24) is 4.90 Å². The van der Waals surface area contributed by atoms with Crippen LogP contribution in [0, 0.1) is 0 Å². The van der Waals surface area contributed by atoms with Crippen LogP contribution >= 0.6 is 11.6 Å². The number of hydrogen-bond acceptors (Lipinski definition) is 2. The summed E-state index contributed by atoms with van der Waals surface area (Å²) in [5.41, 5.74) is 2.09. The van der Waals surface area contributed by atoms with E-state index >= 15 is 0 Å². The second-order valence-corrected chi connectivity index (χ2v) is 5.63. The molecule has 1 aliphatic heterocycles. The van der Waals surface area contributed by atoms with Crippen molar-refractivity contribution in [2.75, 3.05) is 13.6 Å². The van der Waals surface area contributed by atoms with Crippen LogP contribution in [0.3, 0.4) is 0 Å². The Morgan fingerprint density at radius 1 is 1.11 bits per heavy atom. The maximum Gasteiger partial charge on any atom is 0.128 e. The molecule has 1 heterocycles. The minimum atomic E-state index is -0.964. The number of rotatable bonds is 1. The van der Waals surface area contributed by atoms with Crippen LogP contribution in [-0.2, 0) is 12.1 Å². The highest BCUT2D eigenvalue weighted by Crippen LogP contribution is 2.37. The van der Waals surface area contributed by atoms with E-state index in [1.165, 1.54) is 5.56 Å². The minimum absolute atomic E-state index is 0.589. The highest BCUT2D eigenvalue weighted by Gasteiger charge is 2.37. The average Bonchev–Trinajstić information content (AvgIpc) is 2.39. The molecular formula is C16H16ClNO. The van der Waals surface area contributed by atoms with Crippen molar-refractivity contribution in [1.29, 1.82) is 0 Å².